The van der Waals surface area contributed by atoms with Crippen molar-refractivity contribution in [1.29, 1.82) is 0 Å². The van der Waals surface area contributed by atoms with E-state index < -0.39 is 35.3 Å². The first-order valence-electron chi connectivity index (χ1n) is 8.95. The SMILES string of the molecule is COc1ccc(Cl)cc1[C@@H]1C(=O)N(C(=O)OC(C)(C)C)c2cc(C(F)(F)F)ccc21. The molecule has 1 heterocycles. The summed E-state index contributed by atoms with van der Waals surface area (Å²) in [4.78, 5) is 26.7. The van der Waals surface area contributed by atoms with Gasteiger partial charge >= 0.3 is 12.3 Å². The standard InChI is InChI=1S/C21H19ClF3NO4/c1-20(2,3)30-19(28)26-15-9-11(21(23,24)25)5-7-13(15)17(18(26)27)14-10-12(22)6-8-16(14)29-4/h5-10,17H,1-4H3/t17-/m1/s1. The summed E-state index contributed by atoms with van der Waals surface area (Å²) in [6.07, 6.45) is -5.71. The van der Waals surface area contributed by atoms with Gasteiger partial charge in [0.15, 0.2) is 0 Å². The minimum atomic E-state index is -4.65. The number of halogens is 4. The van der Waals surface area contributed by atoms with Crippen molar-refractivity contribution in [2.24, 2.45) is 0 Å². The number of benzene rings is 2. The van der Waals surface area contributed by atoms with Crippen LogP contribution in [0.1, 0.15) is 43.4 Å². The van der Waals surface area contributed by atoms with Crippen LogP contribution in [0.15, 0.2) is 36.4 Å². The number of hydrogen-bond acceptors (Lipinski definition) is 4. The minimum Gasteiger partial charge on any atom is -0.496 e. The highest BCUT2D eigenvalue weighted by Gasteiger charge is 2.46. The predicted molar refractivity (Wildman–Crippen MR) is 105 cm³/mol. The summed E-state index contributed by atoms with van der Waals surface area (Å²) in [5.41, 5.74) is -1.57. The maximum atomic E-state index is 13.3. The molecule has 0 aromatic heterocycles. The van der Waals surface area contributed by atoms with Crippen molar-refractivity contribution in [3.63, 3.8) is 0 Å². The lowest BCUT2D eigenvalue weighted by Crippen LogP contribution is -2.39. The van der Waals surface area contributed by atoms with Crippen molar-refractivity contribution in [1.82, 2.24) is 0 Å². The molecule has 160 valence electrons. The molecule has 0 radical (unpaired) electrons. The molecule has 5 nitrogen and oxygen atoms in total. The Morgan fingerprint density at radius 2 is 1.73 bits per heavy atom. The van der Waals surface area contributed by atoms with Gasteiger partial charge in [0.2, 0.25) is 5.91 Å². The fourth-order valence-corrected chi connectivity index (χ4v) is 3.45. The second-order valence-corrected chi connectivity index (χ2v) is 8.18. The van der Waals surface area contributed by atoms with Crippen molar-refractivity contribution in [2.45, 2.75) is 38.5 Å². The van der Waals surface area contributed by atoms with Gasteiger partial charge in [-0.05, 0) is 56.7 Å². The van der Waals surface area contributed by atoms with Crippen LogP contribution < -0.4 is 9.64 Å². The molecule has 0 saturated heterocycles. The lowest BCUT2D eigenvalue weighted by atomic mass is 9.91. The summed E-state index contributed by atoms with van der Waals surface area (Å²) in [6, 6.07) is 7.42. The van der Waals surface area contributed by atoms with Crippen LogP contribution in [0.3, 0.4) is 0 Å². The molecule has 3 rings (SSSR count). The van der Waals surface area contributed by atoms with Gasteiger partial charge in [-0.2, -0.15) is 13.2 Å². The minimum absolute atomic E-state index is 0.184. The van der Waals surface area contributed by atoms with E-state index in [-0.39, 0.29) is 11.3 Å². The molecule has 9 heteroatoms. The second-order valence-electron chi connectivity index (χ2n) is 7.74. The summed E-state index contributed by atoms with van der Waals surface area (Å²) < 4.78 is 50.4. The Hall–Kier alpha value is -2.74. The van der Waals surface area contributed by atoms with Crippen LogP contribution in [0.4, 0.5) is 23.7 Å². The lowest BCUT2D eigenvalue weighted by Gasteiger charge is -2.24. The molecule has 0 N–H and O–H groups in total. The Morgan fingerprint density at radius 1 is 1.07 bits per heavy atom. The average molecular weight is 442 g/mol. The molecule has 1 aliphatic heterocycles. The summed E-state index contributed by atoms with van der Waals surface area (Å²) in [5.74, 6) is -1.52. The number of imide groups is 1. The third-order valence-corrected chi connectivity index (χ3v) is 4.69. The quantitative estimate of drug-likeness (QED) is 0.592. The van der Waals surface area contributed by atoms with Crippen molar-refractivity contribution in [3.05, 3.63) is 58.1 Å². The summed E-state index contributed by atoms with van der Waals surface area (Å²) >= 11 is 6.08. The molecule has 2 aromatic rings. The van der Waals surface area contributed by atoms with Gasteiger partial charge in [-0.15, -0.1) is 0 Å². The number of amides is 2. The summed E-state index contributed by atoms with van der Waals surface area (Å²) in [6.45, 7) is 4.78. The topological polar surface area (TPSA) is 55.8 Å². The number of fused-ring (bicyclic) bond motifs is 1. The van der Waals surface area contributed by atoms with Gasteiger partial charge in [-0.1, -0.05) is 17.7 Å². The third kappa shape index (κ3) is 4.09. The van der Waals surface area contributed by atoms with Gasteiger partial charge in [-0.3, -0.25) is 4.79 Å². The number of methoxy groups -OCH3 is 1. The molecule has 0 bridgehead atoms. The summed E-state index contributed by atoms with van der Waals surface area (Å²) in [7, 11) is 1.39. The van der Waals surface area contributed by atoms with E-state index in [4.69, 9.17) is 21.1 Å². The van der Waals surface area contributed by atoms with Crippen LogP contribution in [-0.2, 0) is 15.7 Å². The van der Waals surface area contributed by atoms with Gasteiger partial charge in [0.25, 0.3) is 0 Å². The molecular formula is C21H19ClF3NO4. The molecule has 1 atom stereocenters. The monoisotopic (exact) mass is 441 g/mol. The first-order chi connectivity index (χ1) is 13.8. The number of alkyl halides is 3. The van der Waals surface area contributed by atoms with E-state index in [1.54, 1.807) is 32.9 Å². The Balaban J connectivity index is 2.21. The second kappa shape index (κ2) is 7.50. The number of nitrogens with zero attached hydrogens (tertiary/aromatic N) is 1. The fraction of sp³-hybridized carbons (Fsp3) is 0.333. The molecule has 0 saturated carbocycles. The van der Waals surface area contributed by atoms with E-state index >= 15 is 0 Å². The number of hydrogen-bond donors (Lipinski definition) is 0. The Morgan fingerprint density at radius 3 is 2.30 bits per heavy atom. The number of ether oxygens (including phenoxy) is 2. The molecule has 0 spiro atoms. The molecular weight excluding hydrogens is 423 g/mol. The van der Waals surface area contributed by atoms with E-state index in [0.29, 0.717) is 21.2 Å². The Labute approximate surface area is 176 Å². The Bertz CT molecular complexity index is 1010. The van der Waals surface area contributed by atoms with Crippen LogP contribution in [0.25, 0.3) is 0 Å². The average Bonchev–Trinajstić information content (AvgIpc) is 2.90. The van der Waals surface area contributed by atoms with Gasteiger partial charge in [0.1, 0.15) is 11.4 Å². The van der Waals surface area contributed by atoms with Crippen molar-refractivity contribution in [3.8, 4) is 5.75 Å². The first kappa shape index (κ1) is 22.0. The zero-order valence-corrected chi connectivity index (χ0v) is 17.4. The lowest BCUT2D eigenvalue weighted by molar-refractivity contribution is -0.137. The molecule has 0 aliphatic carbocycles. The zero-order chi connectivity index (χ0) is 22.4. The molecule has 30 heavy (non-hydrogen) atoms. The smallest absolute Gasteiger partial charge is 0.421 e. The molecule has 0 fully saturated rings. The van der Waals surface area contributed by atoms with E-state index in [0.717, 1.165) is 12.1 Å². The van der Waals surface area contributed by atoms with Crippen molar-refractivity contribution >= 4 is 29.3 Å². The van der Waals surface area contributed by atoms with Gasteiger partial charge in [-0.25, -0.2) is 9.69 Å². The summed E-state index contributed by atoms with van der Waals surface area (Å²) in [5, 5.41) is 0.308. The van der Waals surface area contributed by atoms with E-state index in [2.05, 4.69) is 0 Å². The normalized spacial score (nSPS) is 16.5. The van der Waals surface area contributed by atoms with Crippen LogP contribution in [-0.4, -0.2) is 24.7 Å². The first-order valence-corrected chi connectivity index (χ1v) is 9.33. The molecule has 0 unspecified atom stereocenters. The Kier molecular flexibility index (Phi) is 5.49. The third-order valence-electron chi connectivity index (χ3n) is 4.46. The number of anilines is 1. The fourth-order valence-electron chi connectivity index (χ4n) is 3.27. The van der Waals surface area contributed by atoms with Crippen LogP contribution in [0.5, 0.6) is 5.75 Å². The maximum Gasteiger partial charge on any atom is 0.421 e. The highest BCUT2D eigenvalue weighted by Crippen LogP contribution is 2.47. The van der Waals surface area contributed by atoms with Crippen molar-refractivity contribution < 1.29 is 32.2 Å². The molecule has 1 aliphatic rings. The van der Waals surface area contributed by atoms with E-state index in [1.807, 2.05) is 0 Å². The molecule has 2 aromatic carbocycles. The number of carbonyl (C=O) groups is 2. The largest absolute Gasteiger partial charge is 0.496 e. The zero-order valence-electron chi connectivity index (χ0n) is 16.6. The van der Waals surface area contributed by atoms with Crippen LogP contribution in [0, 0.1) is 0 Å². The van der Waals surface area contributed by atoms with Gasteiger partial charge in [0, 0.05) is 10.6 Å². The number of carbonyl (C=O) groups excluding carboxylic acids is 2. The maximum absolute atomic E-state index is 13.3. The highest BCUT2D eigenvalue weighted by molar-refractivity contribution is 6.30. The highest BCUT2D eigenvalue weighted by atomic mass is 35.5. The van der Waals surface area contributed by atoms with Crippen molar-refractivity contribution in [2.75, 3.05) is 12.0 Å². The van der Waals surface area contributed by atoms with Gasteiger partial charge < -0.3 is 9.47 Å². The van der Waals surface area contributed by atoms with E-state index in [1.165, 1.54) is 19.2 Å². The van der Waals surface area contributed by atoms with Crippen LogP contribution in [0.2, 0.25) is 5.02 Å². The van der Waals surface area contributed by atoms with Crippen LogP contribution >= 0.6 is 11.6 Å². The van der Waals surface area contributed by atoms with E-state index in [9.17, 15) is 22.8 Å². The molecule has 2 amide bonds. The number of rotatable bonds is 2. The predicted octanol–water partition coefficient (Wildman–Crippen LogP) is 5.78. The van der Waals surface area contributed by atoms with Gasteiger partial charge in [0.05, 0.1) is 24.3 Å².